The topological polar surface area (TPSA) is 46.5 Å². The van der Waals surface area contributed by atoms with E-state index >= 15 is 0 Å². The molecule has 0 aromatic heterocycles. The molecule has 1 unspecified atom stereocenters. The average Bonchev–Trinajstić information content (AvgIpc) is 2.35. The van der Waals surface area contributed by atoms with Crippen molar-refractivity contribution < 1.29 is 41.0 Å². The molecule has 0 aromatic rings. The van der Waals surface area contributed by atoms with Crippen LogP contribution in [0.1, 0.15) is 33.1 Å². The highest BCUT2D eigenvalue weighted by Gasteiger charge is 2.78. The van der Waals surface area contributed by atoms with E-state index < -0.39 is 35.4 Å². The Morgan fingerprint density at radius 1 is 1.09 bits per heavy atom. The third-order valence-electron chi connectivity index (χ3n) is 3.65. The smallest absolute Gasteiger partial charge is 0.430 e. The molecule has 9 heteroatoms. The Morgan fingerprint density at radius 2 is 1.59 bits per heavy atom. The van der Waals surface area contributed by atoms with Crippen LogP contribution in [0.25, 0.3) is 0 Å². The highest BCUT2D eigenvalue weighted by molar-refractivity contribution is 5.73. The molecule has 1 aliphatic rings. The van der Waals surface area contributed by atoms with Gasteiger partial charge in [0.05, 0.1) is 5.92 Å². The quantitative estimate of drug-likeness (QED) is 0.488. The van der Waals surface area contributed by atoms with Crippen LogP contribution in [0.4, 0.5) is 26.3 Å². The standard InChI is InChI=1S/C13H16F6O3/c1-10(2,11(21,12(14,15)16)13(17,18)19)22-9(20)8-6-4-3-5-7-8/h3-4,8,21H,5-7H2,1-2H3. The first kappa shape index (κ1) is 18.8. The lowest BCUT2D eigenvalue weighted by Crippen LogP contribution is -2.70. The lowest BCUT2D eigenvalue weighted by Gasteiger charge is -2.43. The molecule has 22 heavy (non-hydrogen) atoms. The van der Waals surface area contributed by atoms with E-state index in [-0.39, 0.29) is 12.8 Å². The molecule has 0 aromatic carbocycles. The number of halogens is 6. The molecule has 0 fully saturated rings. The molecule has 0 saturated heterocycles. The summed E-state index contributed by atoms with van der Waals surface area (Å²) >= 11 is 0. The van der Waals surface area contributed by atoms with Crippen molar-refractivity contribution in [1.29, 1.82) is 0 Å². The van der Waals surface area contributed by atoms with E-state index in [1.165, 1.54) is 0 Å². The molecule has 1 atom stereocenters. The minimum Gasteiger partial charge on any atom is -0.456 e. The van der Waals surface area contributed by atoms with E-state index in [1.54, 1.807) is 12.2 Å². The monoisotopic (exact) mass is 334 g/mol. The van der Waals surface area contributed by atoms with Crippen LogP contribution >= 0.6 is 0 Å². The molecule has 0 bridgehead atoms. The molecule has 1 N–H and O–H groups in total. The summed E-state index contributed by atoms with van der Waals surface area (Å²) in [6.45, 7) is 0.787. The fourth-order valence-corrected chi connectivity index (χ4v) is 2.26. The second-order valence-electron chi connectivity index (χ2n) is 5.62. The SMILES string of the molecule is CC(C)(OC(=O)C1CC=CCC1)C(O)(C(F)(F)F)C(F)(F)F. The van der Waals surface area contributed by atoms with E-state index in [9.17, 15) is 36.2 Å². The minimum atomic E-state index is -6.05. The van der Waals surface area contributed by atoms with Crippen LogP contribution in [0.3, 0.4) is 0 Å². The van der Waals surface area contributed by atoms with Gasteiger partial charge in [0.25, 0.3) is 5.60 Å². The van der Waals surface area contributed by atoms with Crippen molar-refractivity contribution in [3.05, 3.63) is 12.2 Å². The number of hydrogen-bond acceptors (Lipinski definition) is 3. The zero-order valence-electron chi connectivity index (χ0n) is 11.9. The van der Waals surface area contributed by atoms with Gasteiger partial charge >= 0.3 is 18.3 Å². The summed E-state index contributed by atoms with van der Waals surface area (Å²) in [6.07, 6.45) is -7.85. The van der Waals surface area contributed by atoms with E-state index in [0.29, 0.717) is 20.3 Å². The third kappa shape index (κ3) is 3.23. The third-order valence-corrected chi connectivity index (χ3v) is 3.65. The van der Waals surface area contributed by atoms with Gasteiger partial charge in [0, 0.05) is 0 Å². The van der Waals surface area contributed by atoms with Gasteiger partial charge in [-0.3, -0.25) is 4.79 Å². The van der Waals surface area contributed by atoms with Gasteiger partial charge in [0.2, 0.25) is 0 Å². The van der Waals surface area contributed by atoms with E-state index in [4.69, 9.17) is 0 Å². The number of carbonyl (C=O) groups is 1. The number of esters is 1. The largest absolute Gasteiger partial charge is 0.456 e. The Hall–Kier alpha value is -1.25. The summed E-state index contributed by atoms with van der Waals surface area (Å²) in [4.78, 5) is 11.8. The van der Waals surface area contributed by atoms with Gasteiger partial charge in [-0.15, -0.1) is 0 Å². The maximum Gasteiger partial charge on any atom is 0.430 e. The van der Waals surface area contributed by atoms with Crippen LogP contribution in [0.2, 0.25) is 0 Å². The van der Waals surface area contributed by atoms with Crippen molar-refractivity contribution in [3.8, 4) is 0 Å². The first-order valence-corrected chi connectivity index (χ1v) is 6.47. The second kappa shape index (κ2) is 5.75. The molecule has 128 valence electrons. The van der Waals surface area contributed by atoms with Gasteiger partial charge in [-0.05, 0) is 33.1 Å². The first-order valence-electron chi connectivity index (χ1n) is 6.47. The summed E-state index contributed by atoms with van der Waals surface area (Å²) in [6, 6.07) is 0. The number of carbonyl (C=O) groups excluding carboxylic acids is 1. The fourth-order valence-electron chi connectivity index (χ4n) is 2.26. The Bertz CT molecular complexity index is 436. The van der Waals surface area contributed by atoms with Crippen LogP contribution in [-0.2, 0) is 9.53 Å². The molecule has 0 spiro atoms. The van der Waals surface area contributed by atoms with Gasteiger partial charge < -0.3 is 9.84 Å². The molecule has 3 nitrogen and oxygen atoms in total. The summed E-state index contributed by atoms with van der Waals surface area (Å²) < 4.78 is 81.3. The summed E-state index contributed by atoms with van der Waals surface area (Å²) in [7, 11) is 0. The van der Waals surface area contributed by atoms with Crippen molar-refractivity contribution >= 4 is 5.97 Å². The zero-order chi connectivity index (χ0) is 17.4. The molecule has 1 rings (SSSR count). The summed E-state index contributed by atoms with van der Waals surface area (Å²) in [5.74, 6) is -2.02. The molecular formula is C13H16F6O3. The average molecular weight is 334 g/mol. The predicted octanol–water partition coefficient (Wildman–Crippen LogP) is 3.52. The first-order chi connectivity index (χ1) is 9.74. The van der Waals surface area contributed by atoms with Gasteiger partial charge in [0.1, 0.15) is 0 Å². The van der Waals surface area contributed by atoms with Gasteiger partial charge in [-0.25, -0.2) is 0 Å². The normalized spacial score (nSPS) is 20.9. The lowest BCUT2D eigenvalue weighted by atomic mass is 9.83. The van der Waals surface area contributed by atoms with Crippen molar-refractivity contribution in [3.63, 3.8) is 0 Å². The molecule has 0 aliphatic heterocycles. The number of ether oxygens (including phenoxy) is 1. The van der Waals surface area contributed by atoms with Crippen LogP contribution in [-0.4, -0.2) is 34.6 Å². The van der Waals surface area contributed by atoms with Crippen molar-refractivity contribution in [2.24, 2.45) is 5.92 Å². The Balaban J connectivity index is 3.08. The number of rotatable bonds is 3. The Kier molecular flexibility index (Phi) is 4.91. The Labute approximate surface area is 122 Å². The van der Waals surface area contributed by atoms with Gasteiger partial charge in [-0.1, -0.05) is 12.2 Å². The predicted molar refractivity (Wildman–Crippen MR) is 63.7 cm³/mol. The minimum absolute atomic E-state index is 0.172. The number of allylic oxidation sites excluding steroid dienone is 2. The maximum absolute atomic E-state index is 12.8. The van der Waals surface area contributed by atoms with Crippen LogP contribution in [0.15, 0.2) is 12.2 Å². The highest BCUT2D eigenvalue weighted by Crippen LogP contribution is 2.50. The van der Waals surface area contributed by atoms with Crippen molar-refractivity contribution in [2.45, 2.75) is 56.7 Å². The second-order valence-corrected chi connectivity index (χ2v) is 5.62. The maximum atomic E-state index is 12.8. The molecule has 0 radical (unpaired) electrons. The lowest BCUT2D eigenvalue weighted by molar-refractivity contribution is -0.407. The molecule has 0 heterocycles. The van der Waals surface area contributed by atoms with E-state index in [0.717, 1.165) is 0 Å². The van der Waals surface area contributed by atoms with Crippen LogP contribution in [0.5, 0.6) is 0 Å². The van der Waals surface area contributed by atoms with Crippen molar-refractivity contribution in [1.82, 2.24) is 0 Å². The number of hydrogen-bond donors (Lipinski definition) is 1. The molecule has 1 aliphatic carbocycles. The summed E-state index contributed by atoms with van der Waals surface area (Å²) in [5, 5.41) is 9.32. The summed E-state index contributed by atoms with van der Waals surface area (Å²) in [5.41, 5.74) is -8.38. The number of alkyl halides is 6. The fraction of sp³-hybridized carbons (Fsp3) is 0.769. The highest BCUT2D eigenvalue weighted by atomic mass is 19.4. The molecular weight excluding hydrogens is 318 g/mol. The van der Waals surface area contributed by atoms with E-state index in [1.807, 2.05) is 0 Å². The van der Waals surface area contributed by atoms with Crippen LogP contribution < -0.4 is 0 Å². The van der Waals surface area contributed by atoms with Gasteiger partial charge in [0.15, 0.2) is 5.60 Å². The molecule has 0 amide bonds. The molecule has 0 saturated carbocycles. The zero-order valence-corrected chi connectivity index (χ0v) is 11.9. The van der Waals surface area contributed by atoms with Crippen LogP contribution in [0, 0.1) is 5.92 Å². The van der Waals surface area contributed by atoms with E-state index in [2.05, 4.69) is 4.74 Å². The van der Waals surface area contributed by atoms with Crippen molar-refractivity contribution in [2.75, 3.05) is 0 Å². The Morgan fingerprint density at radius 3 is 1.95 bits per heavy atom. The number of aliphatic hydroxyl groups is 1. The van der Waals surface area contributed by atoms with Gasteiger partial charge in [-0.2, -0.15) is 26.3 Å².